The van der Waals surface area contributed by atoms with Crippen molar-refractivity contribution in [1.29, 1.82) is 0 Å². The summed E-state index contributed by atoms with van der Waals surface area (Å²) in [7, 11) is 1.67. The number of carbonyl (C=O) groups is 4. The molecule has 0 radical (unpaired) electrons. The second-order valence-electron chi connectivity index (χ2n) is 14.9. The molecule has 4 aliphatic rings. The van der Waals surface area contributed by atoms with Gasteiger partial charge < -0.3 is 5.11 Å². The van der Waals surface area contributed by atoms with E-state index in [1.807, 2.05) is 31.2 Å². The number of carbonyl (C=O) groups excluding carboxylic acids is 4. The molecule has 5 aromatic rings. The van der Waals surface area contributed by atoms with Gasteiger partial charge in [0, 0.05) is 51.5 Å². The molecule has 4 amide bonds. The lowest BCUT2D eigenvalue weighted by atomic mass is 9.51. The molecule has 2 aliphatic carbocycles. The van der Waals surface area contributed by atoms with Gasteiger partial charge in [-0.3, -0.25) is 38.9 Å². The molecule has 0 bridgehead atoms. The fourth-order valence-corrected chi connectivity index (χ4v) is 11.0. The highest BCUT2D eigenvalue weighted by Gasteiger charge is 2.68. The number of hydrogen-bond acceptors (Lipinski definition) is 9. The highest BCUT2D eigenvalue weighted by atomic mass is 35.5. The van der Waals surface area contributed by atoms with Gasteiger partial charge >= 0.3 is 0 Å². The van der Waals surface area contributed by atoms with Gasteiger partial charge in [0.05, 0.1) is 38.7 Å². The largest absolute Gasteiger partial charge is 0.508 e. The van der Waals surface area contributed by atoms with E-state index in [-0.39, 0.29) is 35.8 Å². The Kier molecular flexibility index (Phi) is 7.92. The van der Waals surface area contributed by atoms with Crippen LogP contribution in [0.3, 0.4) is 0 Å². The number of allylic oxidation sites excluding steroid dienone is 2. The van der Waals surface area contributed by atoms with E-state index < -0.39 is 63.6 Å². The molecular weight excluding hydrogens is 765 g/mol. The van der Waals surface area contributed by atoms with Crippen molar-refractivity contribution >= 4 is 85.4 Å². The molecule has 2 saturated heterocycles. The Balaban J connectivity index is 1.14. The molecule has 2 aliphatic heterocycles. The molecule has 278 valence electrons. The third kappa shape index (κ3) is 4.99. The fourth-order valence-electron chi connectivity index (χ4n) is 9.53. The average Bonchev–Trinajstić information content (AvgIpc) is 3.83. The van der Waals surface area contributed by atoms with Crippen LogP contribution in [0.1, 0.15) is 36.8 Å². The first kappa shape index (κ1) is 35.3. The Morgan fingerprint density at radius 1 is 0.927 bits per heavy atom. The van der Waals surface area contributed by atoms with Crippen molar-refractivity contribution in [3.05, 3.63) is 110 Å². The van der Waals surface area contributed by atoms with Crippen LogP contribution in [0.2, 0.25) is 10.0 Å². The van der Waals surface area contributed by atoms with Gasteiger partial charge in [0.15, 0.2) is 0 Å². The van der Waals surface area contributed by atoms with E-state index in [9.17, 15) is 29.6 Å². The van der Waals surface area contributed by atoms with Crippen LogP contribution < -0.4 is 9.80 Å². The molecule has 15 heteroatoms. The number of anilines is 2. The summed E-state index contributed by atoms with van der Waals surface area (Å²) in [6, 6.07) is 17.2. The number of fused-ring (bicyclic) bond motifs is 5. The van der Waals surface area contributed by atoms with Crippen molar-refractivity contribution in [3.8, 4) is 16.3 Å². The second kappa shape index (κ2) is 12.3. The zero-order valence-corrected chi connectivity index (χ0v) is 31.9. The molecule has 1 saturated carbocycles. The normalized spacial score (nSPS) is 26.1. The molecule has 3 aromatic carbocycles. The summed E-state index contributed by atoms with van der Waals surface area (Å²) < 4.78 is 2.53. The van der Waals surface area contributed by atoms with Gasteiger partial charge in [0.25, 0.3) is 5.69 Å². The smallest absolute Gasteiger partial charge is 0.269 e. The number of amides is 4. The fraction of sp³-hybridized carbons (Fsp3) is 0.275. The lowest BCUT2D eigenvalue weighted by Crippen LogP contribution is -2.49. The first-order chi connectivity index (χ1) is 26.2. The summed E-state index contributed by atoms with van der Waals surface area (Å²) in [6.07, 6.45) is 2.15. The average molecular weight is 797 g/mol. The Morgan fingerprint density at radius 3 is 2.36 bits per heavy atom. The molecule has 0 spiro atoms. The van der Waals surface area contributed by atoms with Crippen molar-refractivity contribution in [3.63, 3.8) is 0 Å². The minimum absolute atomic E-state index is 0.0937. The third-order valence-corrected chi connectivity index (χ3v) is 13.9. The number of halogens is 2. The second-order valence-corrected chi connectivity index (χ2v) is 16.8. The zero-order valence-electron chi connectivity index (χ0n) is 29.5. The van der Waals surface area contributed by atoms with Crippen LogP contribution in [0.15, 0.2) is 78.4 Å². The van der Waals surface area contributed by atoms with Crippen molar-refractivity contribution in [2.24, 2.45) is 36.1 Å². The van der Waals surface area contributed by atoms with Crippen LogP contribution in [0.4, 0.5) is 17.2 Å². The van der Waals surface area contributed by atoms with Crippen molar-refractivity contribution in [2.45, 2.75) is 32.6 Å². The number of hydrogen-bond donors (Lipinski definition) is 1. The van der Waals surface area contributed by atoms with Crippen LogP contribution in [0, 0.1) is 46.1 Å². The maximum absolute atomic E-state index is 15.1. The Morgan fingerprint density at radius 2 is 1.64 bits per heavy atom. The Hall–Kier alpha value is -5.37. The quantitative estimate of drug-likeness (QED) is 0.0813. The molecular formula is C40H31Cl2N5O7S. The van der Waals surface area contributed by atoms with Gasteiger partial charge in [-0.15, -0.1) is 11.3 Å². The number of aromatic hydroxyl groups is 1. The van der Waals surface area contributed by atoms with Gasteiger partial charge in [-0.25, -0.2) is 4.90 Å². The van der Waals surface area contributed by atoms with Crippen LogP contribution in [0.5, 0.6) is 5.75 Å². The van der Waals surface area contributed by atoms with Gasteiger partial charge in [0.2, 0.25) is 23.6 Å². The van der Waals surface area contributed by atoms with Crippen molar-refractivity contribution in [1.82, 2.24) is 9.78 Å². The summed E-state index contributed by atoms with van der Waals surface area (Å²) in [5.74, 6) is -5.83. The van der Waals surface area contributed by atoms with E-state index >= 15 is 4.79 Å². The Bertz CT molecular complexity index is 2600. The molecule has 2 aromatic heterocycles. The summed E-state index contributed by atoms with van der Waals surface area (Å²) in [5.41, 5.74) is 1.17. The van der Waals surface area contributed by atoms with E-state index in [1.54, 1.807) is 26.1 Å². The molecule has 4 heterocycles. The summed E-state index contributed by atoms with van der Waals surface area (Å²) in [5, 5.41) is 29.3. The number of rotatable bonds is 5. The lowest BCUT2D eigenvalue weighted by molar-refractivity contribution is -0.384. The predicted molar refractivity (Wildman–Crippen MR) is 207 cm³/mol. The summed E-state index contributed by atoms with van der Waals surface area (Å²) >= 11 is 14.3. The van der Waals surface area contributed by atoms with E-state index in [2.05, 4.69) is 0 Å². The number of phenolic OH excluding ortho intramolecular Hbond substituents is 1. The maximum Gasteiger partial charge on any atom is 0.269 e. The van der Waals surface area contributed by atoms with E-state index in [4.69, 9.17) is 28.3 Å². The van der Waals surface area contributed by atoms with Crippen LogP contribution in [0.25, 0.3) is 20.7 Å². The number of benzene rings is 3. The van der Waals surface area contributed by atoms with E-state index in [0.29, 0.717) is 26.9 Å². The number of phenols is 1. The van der Waals surface area contributed by atoms with Crippen LogP contribution in [-0.4, -0.2) is 43.4 Å². The number of aryl methyl sites for hydroxylation is 2. The monoisotopic (exact) mass is 795 g/mol. The standard InChI is InChI=1S/C40H31Cl2N5O7S/c1-18-25-14-20(42)5-13-31(25)55-35(18)29-17-32(44(3)43-29)46-37(50)28-16-26-23(34(40(28,2)39(46)52)27-15-19(41)4-12-30(27)48)10-11-24-33(26)38(51)45(36(24)49)21-6-8-22(9-7-21)47(53)54/h4-10,12-15,17,24,26,28,33-34,48H,11,16H2,1-3H3/t24-,26+,28-,33-,34+,40+/m0/s1. The lowest BCUT2D eigenvalue weighted by Gasteiger charge is -2.49. The molecule has 0 unspecified atom stereocenters. The van der Waals surface area contributed by atoms with Gasteiger partial charge in [0.1, 0.15) is 17.3 Å². The number of aromatic nitrogens is 2. The molecule has 6 atom stereocenters. The number of nitro benzene ring substituents is 1. The van der Waals surface area contributed by atoms with E-state index in [1.165, 1.54) is 57.3 Å². The zero-order chi connectivity index (χ0) is 38.8. The predicted octanol–water partition coefficient (Wildman–Crippen LogP) is 7.97. The third-order valence-electron chi connectivity index (χ3n) is 12.1. The highest BCUT2D eigenvalue weighted by Crippen LogP contribution is 2.64. The highest BCUT2D eigenvalue weighted by molar-refractivity contribution is 7.22. The number of imide groups is 2. The molecule has 3 fully saturated rings. The van der Waals surface area contributed by atoms with Crippen molar-refractivity contribution < 1.29 is 29.2 Å². The SMILES string of the molecule is Cc1c(-c2cc(N3C(=O)[C@@H]4C[C@@H]5C(=CC[C@@H]6C(=O)N(c7ccc([N+](=O)[O-])cc7)C(=O)[C@@H]65)[C@H](c5cc(Cl)ccc5O)[C@]4(C)C3=O)n(C)n2)sc2ccc(Cl)cc12. The molecule has 55 heavy (non-hydrogen) atoms. The van der Waals surface area contributed by atoms with Gasteiger partial charge in [-0.2, -0.15) is 5.10 Å². The van der Waals surface area contributed by atoms with Gasteiger partial charge in [-0.05, 0) is 92.1 Å². The van der Waals surface area contributed by atoms with Crippen LogP contribution in [-0.2, 0) is 26.2 Å². The first-order valence-electron chi connectivity index (χ1n) is 17.6. The Labute approximate surface area is 327 Å². The van der Waals surface area contributed by atoms with Crippen LogP contribution >= 0.6 is 34.5 Å². The minimum Gasteiger partial charge on any atom is -0.508 e. The van der Waals surface area contributed by atoms with Gasteiger partial charge in [-0.1, -0.05) is 34.9 Å². The molecule has 12 nitrogen and oxygen atoms in total. The first-order valence-corrected chi connectivity index (χ1v) is 19.2. The number of thiophene rings is 1. The topological polar surface area (TPSA) is 156 Å². The number of nitro groups is 1. The summed E-state index contributed by atoms with van der Waals surface area (Å²) in [6.45, 7) is 3.71. The number of non-ortho nitro benzene ring substituents is 1. The van der Waals surface area contributed by atoms with Crippen molar-refractivity contribution in [2.75, 3.05) is 9.80 Å². The molecule has 9 rings (SSSR count). The number of nitrogens with zero attached hydrogens (tertiary/aromatic N) is 5. The maximum atomic E-state index is 15.1. The summed E-state index contributed by atoms with van der Waals surface area (Å²) in [4.78, 5) is 72.1. The molecule has 1 N–H and O–H groups in total. The minimum atomic E-state index is -1.42. The van der Waals surface area contributed by atoms with E-state index in [0.717, 1.165) is 25.4 Å².